The SMILES string of the molecule is O=C(O)C1CCN(C(=O)c2ccc(-c3cccnc3)cc2)CC1. The van der Waals surface area contributed by atoms with Crippen molar-refractivity contribution in [1.29, 1.82) is 0 Å². The number of hydrogen-bond acceptors (Lipinski definition) is 3. The number of hydrogen-bond donors (Lipinski definition) is 1. The van der Waals surface area contributed by atoms with Gasteiger partial charge in [-0.05, 0) is 42.2 Å². The van der Waals surface area contributed by atoms with Crippen molar-refractivity contribution in [3.05, 3.63) is 54.4 Å². The number of likely N-dealkylation sites (tertiary alicyclic amines) is 1. The van der Waals surface area contributed by atoms with E-state index in [1.807, 2.05) is 36.4 Å². The number of aromatic nitrogens is 1. The number of carboxylic acid groups (broad SMARTS) is 1. The van der Waals surface area contributed by atoms with E-state index in [0.717, 1.165) is 11.1 Å². The number of nitrogens with zero attached hydrogens (tertiary/aromatic N) is 2. The molecule has 0 aliphatic carbocycles. The number of aliphatic carboxylic acids is 1. The van der Waals surface area contributed by atoms with Crippen LogP contribution >= 0.6 is 0 Å². The number of benzene rings is 1. The average Bonchev–Trinajstić information content (AvgIpc) is 2.62. The molecule has 118 valence electrons. The van der Waals surface area contributed by atoms with Gasteiger partial charge in [0.15, 0.2) is 0 Å². The first-order valence-electron chi connectivity index (χ1n) is 7.67. The number of amides is 1. The number of pyridine rings is 1. The maximum absolute atomic E-state index is 12.5. The quantitative estimate of drug-likeness (QED) is 0.946. The zero-order valence-corrected chi connectivity index (χ0v) is 12.7. The molecule has 1 saturated heterocycles. The molecule has 0 saturated carbocycles. The lowest BCUT2D eigenvalue weighted by molar-refractivity contribution is -0.143. The van der Waals surface area contributed by atoms with Crippen LogP contribution < -0.4 is 0 Å². The fraction of sp³-hybridized carbons (Fsp3) is 0.278. The molecule has 2 heterocycles. The molecule has 2 aromatic rings. The molecule has 1 aromatic carbocycles. The second-order valence-electron chi connectivity index (χ2n) is 5.72. The van der Waals surface area contributed by atoms with Gasteiger partial charge in [-0.2, -0.15) is 0 Å². The maximum Gasteiger partial charge on any atom is 0.306 e. The zero-order chi connectivity index (χ0) is 16.2. The first-order chi connectivity index (χ1) is 11.1. The molecule has 1 fully saturated rings. The largest absolute Gasteiger partial charge is 0.481 e. The van der Waals surface area contributed by atoms with Gasteiger partial charge >= 0.3 is 5.97 Å². The molecule has 0 bridgehead atoms. The molecular formula is C18H18N2O3. The van der Waals surface area contributed by atoms with Gasteiger partial charge in [0.25, 0.3) is 5.91 Å². The van der Waals surface area contributed by atoms with Gasteiger partial charge in [0, 0.05) is 31.0 Å². The van der Waals surface area contributed by atoms with Gasteiger partial charge in [0.1, 0.15) is 0 Å². The number of carbonyl (C=O) groups is 2. The van der Waals surface area contributed by atoms with Crippen molar-refractivity contribution >= 4 is 11.9 Å². The predicted molar refractivity (Wildman–Crippen MR) is 85.9 cm³/mol. The third-order valence-electron chi connectivity index (χ3n) is 4.26. The number of carboxylic acids is 1. The van der Waals surface area contributed by atoms with Crippen molar-refractivity contribution in [1.82, 2.24) is 9.88 Å². The summed E-state index contributed by atoms with van der Waals surface area (Å²) in [6.45, 7) is 1.00. The highest BCUT2D eigenvalue weighted by Gasteiger charge is 2.27. The highest BCUT2D eigenvalue weighted by molar-refractivity contribution is 5.94. The fourth-order valence-electron chi connectivity index (χ4n) is 2.85. The van der Waals surface area contributed by atoms with E-state index in [0.29, 0.717) is 31.5 Å². The summed E-state index contributed by atoms with van der Waals surface area (Å²) >= 11 is 0. The first kappa shape index (κ1) is 15.2. The summed E-state index contributed by atoms with van der Waals surface area (Å²) in [6, 6.07) is 11.3. The lowest BCUT2D eigenvalue weighted by Gasteiger charge is -2.30. The molecule has 1 aliphatic rings. The minimum Gasteiger partial charge on any atom is -0.481 e. The van der Waals surface area contributed by atoms with Crippen LogP contribution in [0.3, 0.4) is 0 Å². The molecule has 0 radical (unpaired) electrons. The highest BCUT2D eigenvalue weighted by atomic mass is 16.4. The van der Waals surface area contributed by atoms with E-state index in [1.54, 1.807) is 17.3 Å². The Labute approximate surface area is 134 Å². The van der Waals surface area contributed by atoms with E-state index in [9.17, 15) is 9.59 Å². The van der Waals surface area contributed by atoms with Crippen LogP contribution in [0.1, 0.15) is 23.2 Å². The Bertz CT molecular complexity index is 690. The summed E-state index contributed by atoms with van der Waals surface area (Å²) in [5, 5.41) is 9.01. The normalized spacial score (nSPS) is 15.4. The molecule has 0 unspecified atom stereocenters. The molecule has 3 rings (SSSR count). The summed E-state index contributed by atoms with van der Waals surface area (Å²) in [6.07, 6.45) is 4.55. The van der Waals surface area contributed by atoms with Gasteiger partial charge in [-0.3, -0.25) is 14.6 Å². The molecular weight excluding hydrogens is 292 g/mol. The van der Waals surface area contributed by atoms with E-state index in [1.165, 1.54) is 0 Å². The molecule has 5 nitrogen and oxygen atoms in total. The van der Waals surface area contributed by atoms with Crippen LogP contribution in [-0.4, -0.2) is 40.0 Å². The first-order valence-corrected chi connectivity index (χ1v) is 7.67. The lowest BCUT2D eigenvalue weighted by Crippen LogP contribution is -2.40. The summed E-state index contributed by atoms with van der Waals surface area (Å²) in [7, 11) is 0. The van der Waals surface area contributed by atoms with Crippen LogP contribution in [0.5, 0.6) is 0 Å². The van der Waals surface area contributed by atoms with E-state index < -0.39 is 5.97 Å². The van der Waals surface area contributed by atoms with Gasteiger partial charge in [-0.25, -0.2) is 0 Å². The van der Waals surface area contributed by atoms with E-state index in [4.69, 9.17) is 5.11 Å². The van der Waals surface area contributed by atoms with Gasteiger partial charge < -0.3 is 10.0 Å². The zero-order valence-electron chi connectivity index (χ0n) is 12.7. The van der Waals surface area contributed by atoms with Gasteiger partial charge in [-0.1, -0.05) is 18.2 Å². The standard InChI is InChI=1S/C18H18N2O3/c21-17(20-10-7-15(8-11-20)18(22)23)14-5-3-13(4-6-14)16-2-1-9-19-12-16/h1-6,9,12,15H,7-8,10-11H2,(H,22,23). The monoisotopic (exact) mass is 310 g/mol. The van der Waals surface area contributed by atoms with Crippen molar-refractivity contribution in [3.8, 4) is 11.1 Å². The maximum atomic E-state index is 12.5. The molecule has 1 amide bonds. The smallest absolute Gasteiger partial charge is 0.306 e. The van der Waals surface area contributed by atoms with Crippen LogP contribution in [0, 0.1) is 5.92 Å². The molecule has 23 heavy (non-hydrogen) atoms. The minimum atomic E-state index is -0.766. The predicted octanol–water partition coefficient (Wildman–Crippen LogP) is 2.69. The van der Waals surface area contributed by atoms with E-state index >= 15 is 0 Å². The second-order valence-corrected chi connectivity index (χ2v) is 5.72. The molecule has 1 aliphatic heterocycles. The Morgan fingerprint density at radius 1 is 1.04 bits per heavy atom. The summed E-state index contributed by atoms with van der Waals surface area (Å²) in [4.78, 5) is 29.3. The Morgan fingerprint density at radius 3 is 2.30 bits per heavy atom. The van der Waals surface area contributed by atoms with Gasteiger partial charge in [-0.15, -0.1) is 0 Å². The minimum absolute atomic E-state index is 0.0356. The van der Waals surface area contributed by atoms with Crippen molar-refractivity contribution in [2.24, 2.45) is 5.92 Å². The van der Waals surface area contributed by atoms with Crippen molar-refractivity contribution in [2.45, 2.75) is 12.8 Å². The van der Waals surface area contributed by atoms with E-state index in [2.05, 4.69) is 4.98 Å². The van der Waals surface area contributed by atoms with Crippen LogP contribution in [0.15, 0.2) is 48.8 Å². The van der Waals surface area contributed by atoms with Gasteiger partial charge in [0.2, 0.25) is 0 Å². The molecule has 1 aromatic heterocycles. The third kappa shape index (κ3) is 3.39. The van der Waals surface area contributed by atoms with Crippen molar-refractivity contribution in [2.75, 3.05) is 13.1 Å². The summed E-state index contributed by atoms with van der Waals surface area (Å²) in [5.74, 6) is -1.13. The lowest BCUT2D eigenvalue weighted by atomic mass is 9.96. The molecule has 5 heteroatoms. The Kier molecular flexibility index (Phi) is 4.37. The topological polar surface area (TPSA) is 70.5 Å². The molecule has 1 N–H and O–H groups in total. The number of carbonyl (C=O) groups excluding carboxylic acids is 1. The van der Waals surface area contributed by atoms with E-state index in [-0.39, 0.29) is 11.8 Å². The molecule has 0 atom stereocenters. The highest BCUT2D eigenvalue weighted by Crippen LogP contribution is 2.22. The second kappa shape index (κ2) is 6.60. The van der Waals surface area contributed by atoms with Crippen molar-refractivity contribution in [3.63, 3.8) is 0 Å². The van der Waals surface area contributed by atoms with Crippen LogP contribution in [0.25, 0.3) is 11.1 Å². The van der Waals surface area contributed by atoms with Crippen LogP contribution in [0.4, 0.5) is 0 Å². The van der Waals surface area contributed by atoms with Gasteiger partial charge in [0.05, 0.1) is 5.92 Å². The average molecular weight is 310 g/mol. The summed E-state index contributed by atoms with van der Waals surface area (Å²) < 4.78 is 0. The number of rotatable bonds is 3. The van der Waals surface area contributed by atoms with Crippen molar-refractivity contribution < 1.29 is 14.7 Å². The molecule has 0 spiro atoms. The summed E-state index contributed by atoms with van der Waals surface area (Å²) in [5.41, 5.74) is 2.65. The fourth-order valence-corrected chi connectivity index (χ4v) is 2.85. The number of piperidine rings is 1. The Hall–Kier alpha value is -2.69. The Balaban J connectivity index is 1.68. The van der Waals surface area contributed by atoms with Crippen LogP contribution in [0.2, 0.25) is 0 Å². The third-order valence-corrected chi connectivity index (χ3v) is 4.26. The Morgan fingerprint density at radius 2 is 1.74 bits per heavy atom. The van der Waals surface area contributed by atoms with Crippen LogP contribution in [-0.2, 0) is 4.79 Å².